The van der Waals surface area contributed by atoms with E-state index in [2.05, 4.69) is 22.6 Å². The third kappa shape index (κ3) is 3.16. The highest BCUT2D eigenvalue weighted by Gasteiger charge is 2.03. The number of nitrogen functional groups attached to an aromatic ring is 1. The summed E-state index contributed by atoms with van der Waals surface area (Å²) in [6.07, 6.45) is 3.67. The van der Waals surface area contributed by atoms with E-state index in [1.54, 1.807) is 6.08 Å². The largest absolute Gasteiger partial charge is 0.456 e. The molecule has 0 saturated carbocycles. The van der Waals surface area contributed by atoms with E-state index in [4.69, 9.17) is 10.2 Å². The van der Waals surface area contributed by atoms with Gasteiger partial charge in [-0.25, -0.2) is 0 Å². The molecule has 0 aliphatic carbocycles. The molecule has 0 spiro atoms. The molecule has 0 atom stereocenters. The molecule has 3 aromatic rings. The predicted molar refractivity (Wildman–Crippen MR) is 95.0 cm³/mol. The molecule has 21 heavy (non-hydrogen) atoms. The maximum absolute atomic E-state index is 12.1. The van der Waals surface area contributed by atoms with Gasteiger partial charge in [0.15, 0.2) is 5.43 Å². The van der Waals surface area contributed by atoms with E-state index in [1.165, 1.54) is 6.07 Å². The van der Waals surface area contributed by atoms with Gasteiger partial charge in [0.1, 0.15) is 11.3 Å². The van der Waals surface area contributed by atoms with E-state index >= 15 is 0 Å². The van der Waals surface area contributed by atoms with Gasteiger partial charge in [-0.15, -0.1) is 0 Å². The van der Waals surface area contributed by atoms with Crippen LogP contribution in [-0.4, -0.2) is 0 Å². The van der Waals surface area contributed by atoms with Crippen molar-refractivity contribution in [3.63, 3.8) is 0 Å². The molecule has 3 rings (SSSR count). The number of halogens is 1. The normalized spacial score (nSPS) is 11.3. The van der Waals surface area contributed by atoms with E-state index in [-0.39, 0.29) is 5.43 Å². The zero-order chi connectivity index (χ0) is 14.8. The third-order valence-electron chi connectivity index (χ3n) is 3.08. The van der Waals surface area contributed by atoms with E-state index in [0.29, 0.717) is 16.7 Å². The topological polar surface area (TPSA) is 56.2 Å². The minimum absolute atomic E-state index is 0.0354. The second-order valence-corrected chi connectivity index (χ2v) is 5.90. The fourth-order valence-corrected chi connectivity index (χ4v) is 2.51. The number of benzene rings is 2. The van der Waals surface area contributed by atoms with E-state index in [1.807, 2.05) is 48.5 Å². The SMILES string of the molecule is Nc1ccc(/C=C/c2cc(=O)c3cc([125I])ccc3o2)cc1. The van der Waals surface area contributed by atoms with Crippen LogP contribution in [0.15, 0.2) is 57.7 Å². The van der Waals surface area contributed by atoms with Crippen LogP contribution in [0.5, 0.6) is 0 Å². The van der Waals surface area contributed by atoms with Gasteiger partial charge in [-0.1, -0.05) is 18.2 Å². The van der Waals surface area contributed by atoms with Crippen molar-refractivity contribution in [2.24, 2.45) is 0 Å². The fourth-order valence-electron chi connectivity index (χ4n) is 2.01. The molecule has 2 aromatic carbocycles. The molecule has 104 valence electrons. The van der Waals surface area contributed by atoms with Gasteiger partial charge in [0.05, 0.1) is 5.39 Å². The summed E-state index contributed by atoms with van der Waals surface area (Å²) in [7, 11) is 0. The number of rotatable bonds is 2. The first-order valence-corrected chi connectivity index (χ1v) is 7.47. The molecule has 0 unspecified atom stereocenters. The van der Waals surface area contributed by atoms with Crippen molar-refractivity contribution >= 4 is 51.4 Å². The second-order valence-electron chi connectivity index (χ2n) is 4.65. The Morgan fingerprint density at radius 3 is 2.52 bits per heavy atom. The molecule has 0 aliphatic heterocycles. The molecule has 0 fully saturated rings. The fraction of sp³-hybridized carbons (Fsp3) is 0. The number of nitrogens with two attached hydrogens (primary N) is 1. The lowest BCUT2D eigenvalue weighted by atomic mass is 10.1. The van der Waals surface area contributed by atoms with Gasteiger partial charge in [-0.05, 0) is 64.6 Å². The van der Waals surface area contributed by atoms with Crippen LogP contribution in [0, 0.1) is 3.57 Å². The van der Waals surface area contributed by atoms with Gasteiger partial charge in [0, 0.05) is 15.3 Å². The molecule has 1 aromatic heterocycles. The van der Waals surface area contributed by atoms with Crippen molar-refractivity contribution in [3.05, 3.63) is 73.6 Å². The monoisotopic (exact) mass is 387 g/mol. The Balaban J connectivity index is 1.99. The summed E-state index contributed by atoms with van der Waals surface area (Å²) in [5.41, 5.74) is 7.92. The van der Waals surface area contributed by atoms with Crippen molar-refractivity contribution < 1.29 is 4.42 Å². The summed E-state index contributed by atoms with van der Waals surface area (Å²) in [4.78, 5) is 12.1. The Morgan fingerprint density at radius 1 is 1.00 bits per heavy atom. The highest BCUT2D eigenvalue weighted by atomic mass is 125. The average Bonchev–Trinajstić information content (AvgIpc) is 2.47. The zero-order valence-corrected chi connectivity index (χ0v) is 13.2. The van der Waals surface area contributed by atoms with Gasteiger partial charge < -0.3 is 10.2 Å². The van der Waals surface area contributed by atoms with Crippen LogP contribution < -0.4 is 11.2 Å². The summed E-state index contributed by atoms with van der Waals surface area (Å²) in [5, 5.41) is 0.603. The number of hydrogen-bond donors (Lipinski definition) is 1. The molecule has 3 nitrogen and oxygen atoms in total. The van der Waals surface area contributed by atoms with Gasteiger partial charge >= 0.3 is 0 Å². The van der Waals surface area contributed by atoms with Crippen molar-refractivity contribution in [2.45, 2.75) is 0 Å². The van der Waals surface area contributed by atoms with Crippen molar-refractivity contribution in [1.82, 2.24) is 0 Å². The van der Waals surface area contributed by atoms with Crippen molar-refractivity contribution in [2.75, 3.05) is 5.73 Å². The Kier molecular flexibility index (Phi) is 3.79. The van der Waals surface area contributed by atoms with E-state index in [0.717, 1.165) is 14.8 Å². The van der Waals surface area contributed by atoms with Crippen LogP contribution in [0.25, 0.3) is 23.1 Å². The Bertz CT molecular complexity index is 879. The first kappa shape index (κ1) is 13.9. The van der Waals surface area contributed by atoms with Crippen LogP contribution in [-0.2, 0) is 0 Å². The van der Waals surface area contributed by atoms with Crippen LogP contribution >= 0.6 is 22.6 Å². The number of anilines is 1. The number of fused-ring (bicyclic) bond motifs is 1. The van der Waals surface area contributed by atoms with Crippen LogP contribution in [0.1, 0.15) is 11.3 Å². The Morgan fingerprint density at radius 2 is 1.76 bits per heavy atom. The summed E-state index contributed by atoms with van der Waals surface area (Å²) in [6, 6.07) is 14.6. The summed E-state index contributed by atoms with van der Waals surface area (Å²) in [5.74, 6) is 0.533. The molecule has 0 radical (unpaired) electrons. The van der Waals surface area contributed by atoms with Crippen LogP contribution in [0.4, 0.5) is 5.69 Å². The highest BCUT2D eigenvalue weighted by molar-refractivity contribution is 14.1. The quantitative estimate of drug-likeness (QED) is 0.531. The van der Waals surface area contributed by atoms with Gasteiger partial charge in [-0.3, -0.25) is 4.79 Å². The first-order valence-electron chi connectivity index (χ1n) is 6.39. The maximum Gasteiger partial charge on any atom is 0.193 e. The molecule has 0 bridgehead atoms. The molecule has 1 heterocycles. The molecule has 4 heteroatoms. The molecular weight excluding hydrogens is 375 g/mol. The average molecular weight is 387 g/mol. The Labute approximate surface area is 135 Å². The third-order valence-corrected chi connectivity index (χ3v) is 3.76. The lowest BCUT2D eigenvalue weighted by Gasteiger charge is -2.00. The lowest BCUT2D eigenvalue weighted by molar-refractivity contribution is 0.591. The summed E-state index contributed by atoms with van der Waals surface area (Å²) in [6.45, 7) is 0. The zero-order valence-electron chi connectivity index (χ0n) is 11.0. The van der Waals surface area contributed by atoms with Crippen molar-refractivity contribution in [3.8, 4) is 0 Å². The van der Waals surface area contributed by atoms with Gasteiger partial charge in [-0.2, -0.15) is 0 Å². The smallest absolute Gasteiger partial charge is 0.193 e. The number of hydrogen-bond acceptors (Lipinski definition) is 3. The predicted octanol–water partition coefficient (Wildman–Crippen LogP) is 4.15. The summed E-state index contributed by atoms with van der Waals surface area (Å²) < 4.78 is 6.74. The second kappa shape index (κ2) is 5.73. The molecular formula is C17H12INO2. The maximum atomic E-state index is 12.1. The van der Waals surface area contributed by atoms with Gasteiger partial charge in [0.2, 0.25) is 0 Å². The molecule has 0 aliphatic rings. The van der Waals surface area contributed by atoms with E-state index < -0.39 is 0 Å². The van der Waals surface area contributed by atoms with Crippen LogP contribution in [0.2, 0.25) is 0 Å². The minimum atomic E-state index is -0.0354. The Hall–Kier alpha value is -2.08. The van der Waals surface area contributed by atoms with Crippen molar-refractivity contribution in [1.29, 1.82) is 0 Å². The van der Waals surface area contributed by atoms with Crippen LogP contribution in [0.3, 0.4) is 0 Å². The van der Waals surface area contributed by atoms with E-state index in [9.17, 15) is 4.79 Å². The minimum Gasteiger partial charge on any atom is -0.456 e. The standard InChI is InChI=1S/C17H12INO2/c18-12-4-8-17-15(9-12)16(20)10-14(21-17)7-3-11-1-5-13(19)6-2-11/h1-10H,19H2/b7-3+/i18-2. The molecule has 0 saturated heterocycles. The molecule has 0 amide bonds. The molecule has 2 N–H and O–H groups in total. The first-order chi connectivity index (χ1) is 10.1. The summed E-state index contributed by atoms with van der Waals surface area (Å²) >= 11 is 2.18. The lowest BCUT2D eigenvalue weighted by Crippen LogP contribution is -2.00. The van der Waals surface area contributed by atoms with Gasteiger partial charge in [0.25, 0.3) is 0 Å². The highest BCUT2D eigenvalue weighted by Crippen LogP contribution is 2.17.